The summed E-state index contributed by atoms with van der Waals surface area (Å²) in [5.41, 5.74) is 2.36. The van der Waals surface area contributed by atoms with Crippen LogP contribution >= 0.6 is 0 Å². The van der Waals surface area contributed by atoms with Crippen LogP contribution in [-0.2, 0) is 6.42 Å². The average Bonchev–Trinajstić information content (AvgIpc) is 3.32. The van der Waals surface area contributed by atoms with Gasteiger partial charge in [0.2, 0.25) is 0 Å². The first kappa shape index (κ1) is 12.0. The number of benzene rings is 3. The van der Waals surface area contributed by atoms with Crippen LogP contribution in [0.3, 0.4) is 0 Å². The summed E-state index contributed by atoms with van der Waals surface area (Å²) >= 11 is 0. The van der Waals surface area contributed by atoms with Crippen molar-refractivity contribution in [3.8, 4) is 23.0 Å². The molecule has 1 aliphatic heterocycles. The van der Waals surface area contributed by atoms with Gasteiger partial charge in [-0.15, -0.1) is 0 Å². The fourth-order valence-electron chi connectivity index (χ4n) is 2.45. The molecule has 0 N–H and O–H groups in total. The van der Waals surface area contributed by atoms with Crippen molar-refractivity contribution in [2.45, 2.75) is 6.42 Å². The quantitative estimate of drug-likeness (QED) is 0.478. The van der Waals surface area contributed by atoms with Crippen molar-refractivity contribution in [3.05, 3.63) is 83.9 Å². The van der Waals surface area contributed by atoms with E-state index in [2.05, 4.69) is 24.3 Å². The normalized spacial score (nSPS) is 11.4. The topological polar surface area (TPSA) is 21.8 Å². The summed E-state index contributed by atoms with van der Waals surface area (Å²) in [5, 5.41) is 0. The molecule has 2 nitrogen and oxygen atoms in total. The van der Waals surface area contributed by atoms with Crippen LogP contribution in [-0.4, -0.2) is 0 Å². The van der Waals surface area contributed by atoms with Crippen molar-refractivity contribution in [2.75, 3.05) is 0 Å². The highest BCUT2D eigenvalue weighted by molar-refractivity contribution is 5.65. The van der Waals surface area contributed by atoms with E-state index in [1.165, 1.54) is 5.56 Å². The minimum atomic E-state index is 0.812. The molecule has 21 heavy (non-hydrogen) atoms. The van der Waals surface area contributed by atoms with Gasteiger partial charge in [0.05, 0.1) is 0 Å². The van der Waals surface area contributed by atoms with Crippen molar-refractivity contribution in [2.24, 2.45) is 0 Å². The zero-order chi connectivity index (χ0) is 14.1. The first-order valence-corrected chi connectivity index (χ1v) is 7.01. The second kappa shape index (κ2) is 4.98. The third kappa shape index (κ3) is 2.48. The maximum absolute atomic E-state index is 6.02. The van der Waals surface area contributed by atoms with E-state index in [9.17, 15) is 0 Å². The average molecular weight is 274 g/mol. The largest absolute Gasteiger partial charge is 0.457 e. The van der Waals surface area contributed by atoms with Crippen molar-refractivity contribution in [3.63, 3.8) is 0 Å². The zero-order valence-corrected chi connectivity index (χ0v) is 11.5. The maximum atomic E-state index is 6.02. The molecule has 102 valence electrons. The lowest BCUT2D eigenvalue weighted by Gasteiger charge is -2.09. The van der Waals surface area contributed by atoms with E-state index in [1.54, 1.807) is 0 Å². The molecule has 0 aromatic heterocycles. The monoisotopic (exact) mass is 274 g/mol. The summed E-state index contributed by atoms with van der Waals surface area (Å²) < 4.78 is 11.6. The highest BCUT2D eigenvalue weighted by Gasteiger charge is 2.27. The molecule has 0 aliphatic carbocycles. The van der Waals surface area contributed by atoms with E-state index in [0.29, 0.717) is 0 Å². The third-order valence-electron chi connectivity index (χ3n) is 3.55. The molecule has 3 aromatic carbocycles. The predicted molar refractivity (Wildman–Crippen MR) is 82.3 cm³/mol. The number of ether oxygens (including phenoxy) is 2. The molecular formula is C19H14O2. The summed E-state index contributed by atoms with van der Waals surface area (Å²) in [6.07, 6.45) is 0.812. The van der Waals surface area contributed by atoms with Gasteiger partial charge in [-0.25, -0.2) is 0 Å². The Hall–Kier alpha value is -2.74. The molecule has 0 saturated heterocycles. The lowest BCUT2D eigenvalue weighted by atomic mass is 10.0. The van der Waals surface area contributed by atoms with E-state index >= 15 is 0 Å². The molecular weight excluding hydrogens is 260 g/mol. The van der Waals surface area contributed by atoms with Crippen molar-refractivity contribution >= 4 is 0 Å². The summed E-state index contributed by atoms with van der Waals surface area (Å²) in [6.45, 7) is 0. The van der Waals surface area contributed by atoms with Gasteiger partial charge in [0.1, 0.15) is 11.5 Å². The summed E-state index contributed by atoms with van der Waals surface area (Å²) in [7, 11) is 0. The molecule has 0 saturated carbocycles. The maximum Gasteiger partial charge on any atom is 0.177 e. The second-order valence-corrected chi connectivity index (χ2v) is 5.05. The highest BCUT2D eigenvalue weighted by Crippen LogP contribution is 2.52. The molecule has 3 aromatic rings. The summed E-state index contributed by atoms with van der Waals surface area (Å²) in [6, 6.07) is 24.1. The fourth-order valence-corrected chi connectivity index (χ4v) is 2.45. The van der Waals surface area contributed by atoms with E-state index in [0.717, 1.165) is 35.0 Å². The van der Waals surface area contributed by atoms with Gasteiger partial charge >= 0.3 is 0 Å². The first-order valence-electron chi connectivity index (χ1n) is 7.01. The molecule has 0 unspecified atom stereocenters. The van der Waals surface area contributed by atoms with Gasteiger partial charge in [0.15, 0.2) is 11.5 Å². The number of fused-ring (bicyclic) bond motifs is 1. The Morgan fingerprint density at radius 3 is 2.24 bits per heavy atom. The van der Waals surface area contributed by atoms with Crippen LogP contribution in [0, 0.1) is 0 Å². The van der Waals surface area contributed by atoms with E-state index in [1.807, 2.05) is 48.5 Å². The Morgan fingerprint density at radius 1 is 0.762 bits per heavy atom. The standard InChI is InChI=1S/C19H14O2/c1-3-7-14(8-4-1)13-16-17(11-12-18-19(16)21-18)20-15-9-5-2-6-10-15/h1-12H,13H2. The molecule has 0 radical (unpaired) electrons. The Balaban J connectivity index is 1.67. The van der Waals surface area contributed by atoms with Gasteiger partial charge in [-0.05, 0) is 29.8 Å². The molecule has 0 bridgehead atoms. The van der Waals surface area contributed by atoms with Crippen LogP contribution in [0.25, 0.3) is 0 Å². The Morgan fingerprint density at radius 2 is 1.48 bits per heavy atom. The predicted octanol–water partition coefficient (Wildman–Crippen LogP) is 5.18. The minimum Gasteiger partial charge on any atom is -0.457 e. The van der Waals surface area contributed by atoms with Gasteiger partial charge in [0.25, 0.3) is 0 Å². The highest BCUT2D eigenvalue weighted by atomic mass is 16.6. The van der Waals surface area contributed by atoms with E-state index in [-0.39, 0.29) is 0 Å². The second-order valence-electron chi connectivity index (χ2n) is 5.05. The molecule has 1 aliphatic rings. The number of rotatable bonds is 4. The molecule has 4 rings (SSSR count). The van der Waals surface area contributed by atoms with Crippen molar-refractivity contribution < 1.29 is 9.47 Å². The summed E-state index contributed by atoms with van der Waals surface area (Å²) in [4.78, 5) is 0. The Bertz CT molecular complexity index is 764. The van der Waals surface area contributed by atoms with Crippen LogP contribution in [0.5, 0.6) is 23.0 Å². The molecule has 2 heteroatoms. The van der Waals surface area contributed by atoms with Gasteiger partial charge in [0, 0.05) is 12.0 Å². The smallest absolute Gasteiger partial charge is 0.177 e. The van der Waals surface area contributed by atoms with Crippen LogP contribution in [0.2, 0.25) is 0 Å². The van der Waals surface area contributed by atoms with Crippen molar-refractivity contribution in [1.82, 2.24) is 0 Å². The molecule has 0 atom stereocenters. The van der Waals surface area contributed by atoms with Gasteiger partial charge in [-0.2, -0.15) is 0 Å². The molecule has 1 heterocycles. The molecule has 0 fully saturated rings. The Labute approximate surface area is 123 Å². The Kier molecular flexibility index (Phi) is 2.86. The zero-order valence-electron chi connectivity index (χ0n) is 11.5. The SMILES string of the molecule is c1ccc(Cc2c(Oc3ccccc3)ccc3c2O3)cc1. The third-order valence-corrected chi connectivity index (χ3v) is 3.55. The van der Waals surface area contributed by atoms with Crippen LogP contribution in [0.4, 0.5) is 0 Å². The minimum absolute atomic E-state index is 0.812. The van der Waals surface area contributed by atoms with Crippen LogP contribution in [0.1, 0.15) is 11.1 Å². The first-order chi connectivity index (χ1) is 10.4. The molecule has 0 spiro atoms. The van der Waals surface area contributed by atoms with Gasteiger partial charge < -0.3 is 9.47 Å². The molecule has 0 amide bonds. The van der Waals surface area contributed by atoms with Gasteiger partial charge in [-0.1, -0.05) is 48.5 Å². The van der Waals surface area contributed by atoms with Gasteiger partial charge in [-0.3, -0.25) is 0 Å². The van der Waals surface area contributed by atoms with Crippen molar-refractivity contribution in [1.29, 1.82) is 0 Å². The number of para-hydroxylation sites is 1. The fraction of sp³-hybridized carbons (Fsp3) is 0.0526. The number of hydrogen-bond donors (Lipinski definition) is 0. The lowest BCUT2D eigenvalue weighted by Crippen LogP contribution is -1.92. The van der Waals surface area contributed by atoms with E-state index < -0.39 is 0 Å². The lowest BCUT2D eigenvalue weighted by molar-refractivity contribution is 0.477. The van der Waals surface area contributed by atoms with E-state index in [4.69, 9.17) is 9.47 Å². The van der Waals surface area contributed by atoms with Crippen LogP contribution < -0.4 is 9.47 Å². The summed E-state index contributed by atoms with van der Waals surface area (Å²) in [5.74, 6) is 3.63. The number of hydrogen-bond acceptors (Lipinski definition) is 2. The van der Waals surface area contributed by atoms with Crippen LogP contribution in [0.15, 0.2) is 72.8 Å².